The van der Waals surface area contributed by atoms with E-state index in [1.165, 1.54) is 21.6 Å². The zero-order chi connectivity index (χ0) is 13.1. The highest BCUT2D eigenvalue weighted by Gasteiger charge is 2.13. The van der Waals surface area contributed by atoms with Crippen LogP contribution in [0.15, 0.2) is 11.4 Å². The maximum Gasteiger partial charge on any atom is 0.151 e. The van der Waals surface area contributed by atoms with Crippen LogP contribution < -0.4 is 5.32 Å². The fraction of sp³-hybridized carbons (Fsp3) is 0.429. The van der Waals surface area contributed by atoms with E-state index in [0.717, 1.165) is 24.5 Å². The lowest BCUT2D eigenvalue weighted by atomic mass is 10.0. The molecule has 96 valence electrons. The number of hydrogen-bond acceptors (Lipinski definition) is 4. The lowest BCUT2D eigenvalue weighted by molar-refractivity contribution is 0.932. The smallest absolute Gasteiger partial charge is 0.151 e. The van der Waals surface area contributed by atoms with Crippen molar-refractivity contribution >= 4 is 17.2 Å². The first kappa shape index (κ1) is 13.0. The van der Waals surface area contributed by atoms with Crippen LogP contribution in [0.4, 0.5) is 5.82 Å². The first-order valence-electron chi connectivity index (χ1n) is 6.27. The van der Waals surface area contributed by atoms with Gasteiger partial charge in [-0.2, -0.15) is 0 Å². The quantitative estimate of drug-likeness (QED) is 0.905. The van der Waals surface area contributed by atoms with Gasteiger partial charge in [-0.25, -0.2) is 0 Å². The minimum absolute atomic E-state index is 0.908. The van der Waals surface area contributed by atoms with E-state index in [0.29, 0.717) is 0 Å². The molecule has 2 aromatic heterocycles. The summed E-state index contributed by atoms with van der Waals surface area (Å²) >= 11 is 1.75. The summed E-state index contributed by atoms with van der Waals surface area (Å²) in [6.07, 6.45) is 1.09. The van der Waals surface area contributed by atoms with Crippen molar-refractivity contribution in [3.63, 3.8) is 0 Å². The molecule has 0 saturated carbocycles. The summed E-state index contributed by atoms with van der Waals surface area (Å²) in [7, 11) is 0. The van der Waals surface area contributed by atoms with Crippen LogP contribution >= 0.6 is 11.3 Å². The monoisotopic (exact) mass is 261 g/mol. The van der Waals surface area contributed by atoms with Crippen molar-refractivity contribution in [1.29, 1.82) is 0 Å². The van der Waals surface area contributed by atoms with Crippen molar-refractivity contribution in [2.24, 2.45) is 0 Å². The van der Waals surface area contributed by atoms with E-state index in [-0.39, 0.29) is 0 Å². The Morgan fingerprint density at radius 1 is 1.17 bits per heavy atom. The highest BCUT2D eigenvalue weighted by atomic mass is 32.1. The summed E-state index contributed by atoms with van der Waals surface area (Å²) in [6, 6.07) is 2.12. The molecule has 3 nitrogen and oxygen atoms in total. The predicted octanol–water partition coefficient (Wildman–Crippen LogP) is 3.95. The predicted molar refractivity (Wildman–Crippen MR) is 78.3 cm³/mol. The van der Waals surface area contributed by atoms with Crippen LogP contribution in [0, 0.1) is 20.8 Å². The lowest BCUT2D eigenvalue weighted by Crippen LogP contribution is -2.07. The number of nitrogens with zero attached hydrogens (tertiary/aromatic N) is 2. The third kappa shape index (κ3) is 2.38. The Hall–Kier alpha value is -1.42. The zero-order valence-corrected chi connectivity index (χ0v) is 12.2. The largest absolute Gasteiger partial charge is 0.368 e. The Bertz CT molecular complexity index is 546. The number of aryl methyl sites for hydroxylation is 1. The Balaban J connectivity index is 2.41. The number of anilines is 1. The van der Waals surface area contributed by atoms with Crippen LogP contribution in [0.1, 0.15) is 29.3 Å². The van der Waals surface area contributed by atoms with Gasteiger partial charge >= 0.3 is 0 Å². The third-order valence-electron chi connectivity index (χ3n) is 3.18. The van der Waals surface area contributed by atoms with E-state index in [1.54, 1.807) is 11.3 Å². The molecule has 18 heavy (non-hydrogen) atoms. The molecule has 4 heteroatoms. The van der Waals surface area contributed by atoms with Gasteiger partial charge in [0.05, 0.1) is 5.69 Å². The van der Waals surface area contributed by atoms with Gasteiger partial charge in [0.2, 0.25) is 0 Å². The second-order valence-electron chi connectivity index (χ2n) is 4.46. The van der Waals surface area contributed by atoms with Gasteiger partial charge in [-0.3, -0.25) is 0 Å². The Labute approximate surface area is 112 Å². The molecule has 0 aliphatic heterocycles. The number of thiophene rings is 1. The highest BCUT2D eigenvalue weighted by molar-refractivity contribution is 7.10. The summed E-state index contributed by atoms with van der Waals surface area (Å²) in [6.45, 7) is 9.43. The fourth-order valence-electron chi connectivity index (χ4n) is 1.90. The summed E-state index contributed by atoms with van der Waals surface area (Å²) < 4.78 is 0. The van der Waals surface area contributed by atoms with Crippen LogP contribution in [0.2, 0.25) is 0 Å². The topological polar surface area (TPSA) is 37.8 Å². The molecule has 1 N–H and O–H groups in total. The molecule has 2 rings (SSSR count). The molecule has 2 aromatic rings. The van der Waals surface area contributed by atoms with Crippen LogP contribution in [-0.2, 0) is 0 Å². The van der Waals surface area contributed by atoms with Gasteiger partial charge in [0.1, 0.15) is 0 Å². The van der Waals surface area contributed by atoms with Gasteiger partial charge in [-0.15, -0.1) is 21.5 Å². The number of nitrogens with one attached hydrogen (secondary N) is 1. The van der Waals surface area contributed by atoms with E-state index in [4.69, 9.17) is 0 Å². The van der Waals surface area contributed by atoms with E-state index in [1.807, 2.05) is 0 Å². The van der Waals surface area contributed by atoms with Crippen molar-refractivity contribution in [2.75, 3.05) is 11.9 Å². The molecule has 0 unspecified atom stereocenters. The van der Waals surface area contributed by atoms with Crippen LogP contribution in [0.25, 0.3) is 11.3 Å². The van der Waals surface area contributed by atoms with Gasteiger partial charge in [0.15, 0.2) is 5.82 Å². The third-order valence-corrected chi connectivity index (χ3v) is 4.02. The Morgan fingerprint density at radius 2 is 1.94 bits per heavy atom. The zero-order valence-electron chi connectivity index (χ0n) is 11.4. The highest BCUT2D eigenvalue weighted by Crippen LogP contribution is 2.30. The number of aromatic nitrogens is 2. The molecule has 0 aromatic carbocycles. The molecule has 0 spiro atoms. The molecule has 0 saturated heterocycles. The second kappa shape index (κ2) is 5.48. The van der Waals surface area contributed by atoms with E-state index < -0.39 is 0 Å². The van der Waals surface area contributed by atoms with Crippen LogP contribution in [-0.4, -0.2) is 16.7 Å². The standard InChI is InChI=1S/C14H19N3S/c1-5-7-15-14-10(3)9(2)13(16-17-14)12-6-8-18-11(12)4/h6,8H,5,7H2,1-4H3,(H,15,17). The molecule has 0 amide bonds. The van der Waals surface area contributed by atoms with Gasteiger partial charge in [0, 0.05) is 17.0 Å². The average Bonchev–Trinajstić information content (AvgIpc) is 2.77. The SMILES string of the molecule is CCCNc1nnc(-c2ccsc2C)c(C)c1C. The summed E-state index contributed by atoms with van der Waals surface area (Å²) in [5.41, 5.74) is 4.62. The van der Waals surface area contributed by atoms with Crippen molar-refractivity contribution in [3.05, 3.63) is 27.5 Å². The molecular formula is C14H19N3S. The first-order valence-corrected chi connectivity index (χ1v) is 7.15. The Morgan fingerprint density at radius 3 is 2.56 bits per heavy atom. The number of hydrogen-bond donors (Lipinski definition) is 1. The minimum Gasteiger partial charge on any atom is -0.368 e. The minimum atomic E-state index is 0.908. The molecule has 0 bridgehead atoms. The molecule has 2 heterocycles. The second-order valence-corrected chi connectivity index (χ2v) is 5.58. The van der Waals surface area contributed by atoms with Crippen molar-refractivity contribution < 1.29 is 0 Å². The average molecular weight is 261 g/mol. The fourth-order valence-corrected chi connectivity index (χ4v) is 2.60. The van der Waals surface area contributed by atoms with E-state index in [9.17, 15) is 0 Å². The molecule has 0 radical (unpaired) electrons. The summed E-state index contributed by atoms with van der Waals surface area (Å²) in [4.78, 5) is 1.29. The van der Waals surface area contributed by atoms with Crippen molar-refractivity contribution in [1.82, 2.24) is 10.2 Å². The van der Waals surface area contributed by atoms with Gasteiger partial charge in [0.25, 0.3) is 0 Å². The molecule has 0 aliphatic rings. The van der Waals surface area contributed by atoms with E-state index >= 15 is 0 Å². The van der Waals surface area contributed by atoms with Crippen LogP contribution in [0.3, 0.4) is 0 Å². The number of rotatable bonds is 4. The molecule has 0 fully saturated rings. The Kier molecular flexibility index (Phi) is 3.97. The lowest BCUT2D eigenvalue weighted by Gasteiger charge is -2.12. The summed E-state index contributed by atoms with van der Waals surface area (Å²) in [5, 5.41) is 14.1. The maximum atomic E-state index is 4.39. The van der Waals surface area contributed by atoms with Gasteiger partial charge in [-0.05, 0) is 49.8 Å². The first-order chi connectivity index (χ1) is 8.65. The van der Waals surface area contributed by atoms with E-state index in [2.05, 4.69) is 54.7 Å². The normalized spacial score (nSPS) is 10.7. The molecule has 0 aliphatic carbocycles. The van der Waals surface area contributed by atoms with Gasteiger partial charge < -0.3 is 5.32 Å². The van der Waals surface area contributed by atoms with Gasteiger partial charge in [-0.1, -0.05) is 6.92 Å². The summed E-state index contributed by atoms with van der Waals surface area (Å²) in [5.74, 6) is 0.908. The van der Waals surface area contributed by atoms with Crippen molar-refractivity contribution in [2.45, 2.75) is 34.1 Å². The van der Waals surface area contributed by atoms with Crippen molar-refractivity contribution in [3.8, 4) is 11.3 Å². The van der Waals surface area contributed by atoms with Crippen LogP contribution in [0.5, 0.6) is 0 Å². The maximum absolute atomic E-state index is 4.39. The molecule has 0 atom stereocenters. The molecular weight excluding hydrogens is 242 g/mol.